The first kappa shape index (κ1) is 22.6. The van der Waals surface area contributed by atoms with Gasteiger partial charge in [-0.1, -0.05) is 18.2 Å². The molecule has 1 heterocycles. The van der Waals surface area contributed by atoms with Crippen LogP contribution in [-0.2, 0) is 9.53 Å². The zero-order valence-corrected chi connectivity index (χ0v) is 19.1. The standard InChI is InChI=1S/C24H34O3S/c1-8-12-17(9-2)18-13-10-11-14-19(18)20-15(3)28-16(4)21(20)22(23(25)26)27-24(5,6)7/h8-9,12,22H,10-11,13-14H2,1-7H3,(H,25,26). The Morgan fingerprint density at radius 2 is 1.79 bits per heavy atom. The summed E-state index contributed by atoms with van der Waals surface area (Å²) in [6.45, 7) is 14.0. The Kier molecular flexibility index (Phi) is 7.46. The van der Waals surface area contributed by atoms with Crippen molar-refractivity contribution in [3.8, 4) is 0 Å². The van der Waals surface area contributed by atoms with Gasteiger partial charge in [0.15, 0.2) is 6.10 Å². The fourth-order valence-corrected chi connectivity index (χ4v) is 5.14. The molecule has 0 fully saturated rings. The van der Waals surface area contributed by atoms with Crippen molar-refractivity contribution < 1.29 is 14.6 Å². The maximum absolute atomic E-state index is 12.2. The zero-order chi connectivity index (χ0) is 21.1. The largest absolute Gasteiger partial charge is 0.479 e. The number of rotatable bonds is 6. The molecule has 0 bridgehead atoms. The van der Waals surface area contributed by atoms with Crippen LogP contribution in [0.1, 0.15) is 87.3 Å². The lowest BCUT2D eigenvalue weighted by Gasteiger charge is -2.28. The minimum absolute atomic E-state index is 0.536. The Bertz CT molecular complexity index is 816. The summed E-state index contributed by atoms with van der Waals surface area (Å²) in [6.07, 6.45) is 9.77. The van der Waals surface area contributed by atoms with E-state index in [1.165, 1.54) is 28.0 Å². The van der Waals surface area contributed by atoms with E-state index in [1.807, 2.05) is 34.6 Å². The highest BCUT2D eigenvalue weighted by molar-refractivity contribution is 7.12. The molecule has 0 aliphatic heterocycles. The molecule has 0 aromatic carbocycles. The van der Waals surface area contributed by atoms with Crippen LogP contribution in [0.3, 0.4) is 0 Å². The van der Waals surface area contributed by atoms with Crippen LogP contribution < -0.4 is 0 Å². The van der Waals surface area contributed by atoms with Crippen LogP contribution in [0.15, 0.2) is 29.4 Å². The van der Waals surface area contributed by atoms with Crippen molar-refractivity contribution in [1.29, 1.82) is 0 Å². The SMILES string of the molecule is CC=CC(=CC)C1=C(c2c(C)sc(C)c2C(OC(C)(C)C)C(=O)O)CCCC1. The van der Waals surface area contributed by atoms with Gasteiger partial charge in [0.25, 0.3) is 0 Å². The fourth-order valence-electron chi connectivity index (χ4n) is 4.03. The van der Waals surface area contributed by atoms with Crippen molar-refractivity contribution in [3.63, 3.8) is 0 Å². The molecule has 0 amide bonds. The van der Waals surface area contributed by atoms with E-state index >= 15 is 0 Å². The van der Waals surface area contributed by atoms with E-state index in [9.17, 15) is 9.90 Å². The number of aliphatic carboxylic acids is 1. The van der Waals surface area contributed by atoms with Crippen LogP contribution in [0.5, 0.6) is 0 Å². The van der Waals surface area contributed by atoms with E-state index in [0.29, 0.717) is 0 Å². The van der Waals surface area contributed by atoms with Crippen molar-refractivity contribution in [3.05, 3.63) is 50.3 Å². The zero-order valence-electron chi connectivity index (χ0n) is 18.3. The van der Waals surface area contributed by atoms with E-state index in [0.717, 1.165) is 35.3 Å². The van der Waals surface area contributed by atoms with Gasteiger partial charge in [-0.3, -0.25) is 0 Å². The predicted molar refractivity (Wildman–Crippen MR) is 119 cm³/mol. The van der Waals surface area contributed by atoms with Crippen molar-refractivity contribution in [2.24, 2.45) is 0 Å². The Balaban J connectivity index is 2.74. The molecule has 0 spiro atoms. The Morgan fingerprint density at radius 3 is 2.32 bits per heavy atom. The van der Waals surface area contributed by atoms with E-state index in [1.54, 1.807) is 11.3 Å². The molecule has 2 rings (SSSR count). The number of hydrogen-bond donors (Lipinski definition) is 1. The molecule has 28 heavy (non-hydrogen) atoms. The molecule has 0 saturated heterocycles. The Morgan fingerprint density at radius 1 is 1.14 bits per heavy atom. The van der Waals surface area contributed by atoms with Gasteiger partial charge in [0.05, 0.1) is 5.60 Å². The van der Waals surface area contributed by atoms with E-state index < -0.39 is 17.7 Å². The van der Waals surface area contributed by atoms with Crippen LogP contribution in [0, 0.1) is 13.8 Å². The van der Waals surface area contributed by atoms with E-state index in [-0.39, 0.29) is 0 Å². The number of allylic oxidation sites excluding steroid dienone is 6. The van der Waals surface area contributed by atoms with Crippen LogP contribution in [0.25, 0.3) is 5.57 Å². The fraction of sp³-hybridized carbons (Fsp3) is 0.542. The number of carbonyl (C=O) groups is 1. The van der Waals surface area contributed by atoms with Gasteiger partial charge in [-0.2, -0.15) is 0 Å². The Hall–Kier alpha value is -1.65. The summed E-state index contributed by atoms with van der Waals surface area (Å²) in [7, 11) is 0. The van der Waals surface area contributed by atoms with Crippen molar-refractivity contribution in [2.45, 2.75) is 85.9 Å². The van der Waals surface area contributed by atoms with Crippen molar-refractivity contribution in [1.82, 2.24) is 0 Å². The first-order chi connectivity index (χ1) is 13.1. The molecule has 1 unspecified atom stereocenters. The number of aryl methyl sites for hydroxylation is 2. The number of hydrogen-bond acceptors (Lipinski definition) is 3. The molecule has 1 aromatic heterocycles. The third kappa shape index (κ3) is 5.03. The highest BCUT2D eigenvalue weighted by Gasteiger charge is 2.34. The predicted octanol–water partition coefficient (Wildman–Crippen LogP) is 7.16. The van der Waals surface area contributed by atoms with Crippen LogP contribution in [0.2, 0.25) is 0 Å². The van der Waals surface area contributed by atoms with Gasteiger partial charge >= 0.3 is 5.97 Å². The number of ether oxygens (including phenoxy) is 1. The van der Waals surface area contributed by atoms with Gasteiger partial charge in [-0.15, -0.1) is 11.3 Å². The molecule has 1 atom stereocenters. The summed E-state index contributed by atoms with van der Waals surface area (Å²) >= 11 is 1.68. The van der Waals surface area contributed by atoms with Crippen LogP contribution >= 0.6 is 11.3 Å². The highest BCUT2D eigenvalue weighted by Crippen LogP contribution is 2.45. The summed E-state index contributed by atoms with van der Waals surface area (Å²) < 4.78 is 6.04. The molecule has 1 aliphatic carbocycles. The number of thiophene rings is 1. The van der Waals surface area contributed by atoms with Gasteiger partial charge in [-0.05, 0) is 96.4 Å². The number of carboxylic acid groups (broad SMARTS) is 1. The molecule has 1 aromatic rings. The van der Waals surface area contributed by atoms with Gasteiger partial charge in [-0.25, -0.2) is 4.79 Å². The second-order valence-corrected chi connectivity index (χ2v) is 9.79. The topological polar surface area (TPSA) is 46.5 Å². The van der Waals surface area contributed by atoms with E-state index in [2.05, 4.69) is 32.1 Å². The molecular formula is C24H34O3S. The molecule has 3 nitrogen and oxygen atoms in total. The smallest absolute Gasteiger partial charge is 0.337 e. The lowest BCUT2D eigenvalue weighted by Crippen LogP contribution is -2.28. The van der Waals surface area contributed by atoms with Gasteiger partial charge in [0.2, 0.25) is 0 Å². The minimum atomic E-state index is -0.952. The van der Waals surface area contributed by atoms with Gasteiger partial charge in [0, 0.05) is 15.3 Å². The molecular weight excluding hydrogens is 368 g/mol. The van der Waals surface area contributed by atoms with E-state index in [4.69, 9.17) is 4.74 Å². The van der Waals surface area contributed by atoms with Crippen LogP contribution in [-0.4, -0.2) is 16.7 Å². The molecule has 154 valence electrons. The van der Waals surface area contributed by atoms with Crippen molar-refractivity contribution in [2.75, 3.05) is 0 Å². The lowest BCUT2D eigenvalue weighted by atomic mass is 9.81. The van der Waals surface area contributed by atoms with Crippen molar-refractivity contribution >= 4 is 22.9 Å². The summed E-state index contributed by atoms with van der Waals surface area (Å²) in [5.41, 5.74) is 5.32. The average molecular weight is 403 g/mol. The summed E-state index contributed by atoms with van der Waals surface area (Å²) in [4.78, 5) is 14.4. The minimum Gasteiger partial charge on any atom is -0.479 e. The lowest BCUT2D eigenvalue weighted by molar-refractivity contribution is -0.160. The molecule has 1 aliphatic rings. The second kappa shape index (κ2) is 9.23. The Labute approximate surface area is 173 Å². The summed E-state index contributed by atoms with van der Waals surface area (Å²) in [5, 5.41) is 9.99. The number of carboxylic acids is 1. The quantitative estimate of drug-likeness (QED) is 0.514. The van der Waals surface area contributed by atoms with Gasteiger partial charge in [0.1, 0.15) is 0 Å². The molecule has 0 radical (unpaired) electrons. The first-order valence-corrected chi connectivity index (χ1v) is 10.9. The normalized spacial score (nSPS) is 17.5. The molecule has 4 heteroatoms. The van der Waals surface area contributed by atoms with Gasteiger partial charge < -0.3 is 9.84 Å². The third-order valence-corrected chi connectivity index (χ3v) is 6.08. The maximum Gasteiger partial charge on any atom is 0.337 e. The third-order valence-electron chi connectivity index (χ3n) is 5.04. The monoisotopic (exact) mass is 402 g/mol. The average Bonchev–Trinajstić information content (AvgIpc) is 2.90. The summed E-state index contributed by atoms with van der Waals surface area (Å²) in [5.74, 6) is -0.922. The first-order valence-electron chi connectivity index (χ1n) is 10.1. The maximum atomic E-state index is 12.2. The second-order valence-electron chi connectivity index (χ2n) is 8.36. The molecule has 0 saturated carbocycles. The van der Waals surface area contributed by atoms with Crippen LogP contribution in [0.4, 0.5) is 0 Å². The molecule has 1 N–H and O–H groups in total. The summed E-state index contributed by atoms with van der Waals surface area (Å²) in [6, 6.07) is 0. The highest BCUT2D eigenvalue weighted by atomic mass is 32.1.